The lowest BCUT2D eigenvalue weighted by molar-refractivity contribution is -0.113. The number of thiophene rings is 1. The summed E-state index contributed by atoms with van der Waals surface area (Å²) in [5.74, 6) is -1.23. The number of aliphatic hydroxyl groups excluding tert-OH is 1. The second-order valence-corrected chi connectivity index (χ2v) is 10.4. The van der Waals surface area contributed by atoms with Gasteiger partial charge in [0.2, 0.25) is 0 Å². The molecule has 1 amide bonds. The van der Waals surface area contributed by atoms with Gasteiger partial charge in [-0.15, -0.1) is 11.3 Å². The molecule has 0 unspecified atom stereocenters. The molecule has 2 N–H and O–H groups in total. The van der Waals surface area contributed by atoms with Gasteiger partial charge in [-0.3, -0.25) is 14.4 Å². The van der Waals surface area contributed by atoms with E-state index in [2.05, 4.69) is 10.3 Å². The van der Waals surface area contributed by atoms with E-state index in [0.717, 1.165) is 26.1 Å². The number of rotatable bonds is 3. The van der Waals surface area contributed by atoms with Crippen LogP contribution in [0.15, 0.2) is 53.2 Å². The smallest absolute Gasteiger partial charge is 0.278 e. The predicted octanol–water partition coefficient (Wildman–Crippen LogP) is 4.02. The molecule has 2 aromatic heterocycles. The maximum atomic E-state index is 12.7. The fourth-order valence-corrected chi connectivity index (χ4v) is 6.47. The lowest BCUT2D eigenvalue weighted by Crippen LogP contribution is -2.36. The normalized spacial score (nSPS) is 15.4. The third-order valence-electron chi connectivity index (χ3n) is 4.06. The molecule has 7 nitrogen and oxygen atoms in total. The van der Waals surface area contributed by atoms with Crippen LogP contribution < -0.4 is 5.32 Å². The molecular formula is C17H12ClN3O4S3. The zero-order chi connectivity index (χ0) is 20.1. The van der Waals surface area contributed by atoms with Gasteiger partial charge in [-0.2, -0.15) is 0 Å². The second kappa shape index (κ2) is 6.89. The average Bonchev–Trinajstić information content (AvgIpc) is 3.28. The van der Waals surface area contributed by atoms with Crippen LogP contribution in [0.2, 0.25) is 4.34 Å². The van der Waals surface area contributed by atoms with Gasteiger partial charge in [0, 0.05) is 13.2 Å². The van der Waals surface area contributed by atoms with Crippen molar-refractivity contribution in [1.82, 2.24) is 9.29 Å². The molecule has 11 heteroatoms. The molecule has 0 saturated carbocycles. The van der Waals surface area contributed by atoms with E-state index in [1.54, 1.807) is 6.20 Å². The van der Waals surface area contributed by atoms with Crippen molar-refractivity contribution in [2.24, 2.45) is 0 Å². The topological polar surface area (TPSA) is 99.6 Å². The van der Waals surface area contributed by atoms with Gasteiger partial charge in [0.1, 0.15) is 4.90 Å². The summed E-state index contributed by atoms with van der Waals surface area (Å²) in [5.41, 5.74) is 0.556. The van der Waals surface area contributed by atoms with E-state index in [1.165, 1.54) is 24.5 Å². The zero-order valence-corrected chi connectivity index (χ0v) is 17.4. The number of benzene rings is 1. The number of sulfonamides is 1. The molecule has 1 aromatic carbocycles. The van der Waals surface area contributed by atoms with Gasteiger partial charge in [0.05, 0.1) is 14.1 Å². The van der Waals surface area contributed by atoms with Crippen molar-refractivity contribution < 1.29 is 18.3 Å². The molecule has 0 radical (unpaired) electrons. The minimum atomic E-state index is -3.99. The van der Waals surface area contributed by atoms with Crippen LogP contribution in [-0.2, 0) is 14.8 Å². The quantitative estimate of drug-likeness (QED) is 0.623. The van der Waals surface area contributed by atoms with Crippen LogP contribution in [0.3, 0.4) is 0 Å². The number of aromatic nitrogens is 1. The number of carbonyl (C=O) groups is 1. The number of hydrogen-bond donors (Lipinski definition) is 2. The molecule has 0 aliphatic carbocycles. The second-order valence-electron chi connectivity index (χ2n) is 5.76. The Kier molecular flexibility index (Phi) is 4.66. The molecule has 3 aromatic rings. The lowest BCUT2D eigenvalue weighted by atomic mass is 10.2. The lowest BCUT2D eigenvalue weighted by Gasteiger charge is -2.26. The number of likely N-dealkylation sites (N-methyl/N-ethyl adjacent to an activating group) is 1. The Morgan fingerprint density at radius 2 is 1.96 bits per heavy atom. The van der Waals surface area contributed by atoms with Crippen LogP contribution in [0.1, 0.15) is 4.88 Å². The first-order valence-electron chi connectivity index (χ1n) is 7.83. The number of aliphatic hydroxyl groups is 1. The van der Waals surface area contributed by atoms with Gasteiger partial charge >= 0.3 is 0 Å². The minimum Gasteiger partial charge on any atom is -0.504 e. The van der Waals surface area contributed by atoms with Gasteiger partial charge in [-0.1, -0.05) is 53.3 Å². The van der Waals surface area contributed by atoms with Crippen LogP contribution in [0.4, 0.5) is 5.13 Å². The molecule has 1 aliphatic rings. The van der Waals surface area contributed by atoms with Crippen LogP contribution in [0.5, 0.6) is 0 Å². The van der Waals surface area contributed by atoms with Crippen molar-refractivity contribution in [2.75, 3.05) is 12.4 Å². The van der Waals surface area contributed by atoms with Gasteiger partial charge in [0.15, 0.2) is 16.6 Å². The van der Waals surface area contributed by atoms with E-state index in [9.17, 15) is 18.3 Å². The molecule has 0 fully saturated rings. The number of nitrogens with zero attached hydrogens (tertiary/aromatic N) is 2. The van der Waals surface area contributed by atoms with E-state index in [1.807, 2.05) is 30.3 Å². The molecule has 0 saturated heterocycles. The monoisotopic (exact) mass is 453 g/mol. The number of anilines is 1. The average molecular weight is 454 g/mol. The highest BCUT2D eigenvalue weighted by atomic mass is 35.5. The van der Waals surface area contributed by atoms with Gasteiger partial charge in [-0.05, 0) is 11.6 Å². The third-order valence-corrected chi connectivity index (χ3v) is 8.20. The number of amides is 1. The molecule has 0 spiro atoms. The van der Waals surface area contributed by atoms with Crippen molar-refractivity contribution in [2.45, 2.75) is 4.90 Å². The first kappa shape index (κ1) is 18.9. The summed E-state index contributed by atoms with van der Waals surface area (Å²) in [5, 5.41) is 13.4. The maximum Gasteiger partial charge on any atom is 0.278 e. The van der Waals surface area contributed by atoms with E-state index in [4.69, 9.17) is 11.6 Å². The fourth-order valence-electron chi connectivity index (χ4n) is 2.70. The Morgan fingerprint density at radius 3 is 2.68 bits per heavy atom. The van der Waals surface area contributed by atoms with E-state index >= 15 is 0 Å². The van der Waals surface area contributed by atoms with Crippen molar-refractivity contribution in [3.05, 3.63) is 57.5 Å². The Labute approximate surface area is 173 Å². The SMILES string of the molecule is CN1C(C(=O)Nc2ncc(-c3ccccc3)s2)=C(O)c2sc(Cl)cc2S1(=O)=O. The summed E-state index contributed by atoms with van der Waals surface area (Å²) in [7, 11) is -2.79. The van der Waals surface area contributed by atoms with Crippen molar-refractivity contribution in [3.8, 4) is 10.4 Å². The zero-order valence-electron chi connectivity index (χ0n) is 14.2. The number of fused-ring (bicyclic) bond motifs is 1. The number of thiazole rings is 1. The van der Waals surface area contributed by atoms with Crippen LogP contribution in [-0.4, -0.2) is 35.8 Å². The van der Waals surface area contributed by atoms with Gasteiger partial charge < -0.3 is 5.11 Å². The van der Waals surface area contributed by atoms with Gasteiger partial charge in [-0.25, -0.2) is 13.4 Å². The molecule has 4 rings (SSSR count). The van der Waals surface area contributed by atoms with E-state index < -0.39 is 21.7 Å². The number of halogens is 1. The molecule has 0 bridgehead atoms. The Morgan fingerprint density at radius 1 is 1.25 bits per heavy atom. The standard InChI is InChI=1S/C17H12ClN3O4S3/c1-21-13(14(22)15-11(28(21,24)25)7-12(18)27-15)16(23)20-17-19-8-10(26-17)9-5-3-2-4-6-9/h2-8,22H,1H3,(H,19,20,23). The largest absolute Gasteiger partial charge is 0.504 e. The van der Waals surface area contributed by atoms with Gasteiger partial charge in [0.25, 0.3) is 15.9 Å². The molecular weight excluding hydrogens is 442 g/mol. The van der Waals surface area contributed by atoms with Crippen LogP contribution >= 0.6 is 34.3 Å². The fraction of sp³-hybridized carbons (Fsp3) is 0.0588. The summed E-state index contributed by atoms with van der Waals surface area (Å²) >= 11 is 8.03. The minimum absolute atomic E-state index is 0.0392. The predicted molar refractivity (Wildman–Crippen MR) is 110 cm³/mol. The number of hydrogen-bond acceptors (Lipinski definition) is 7. The maximum absolute atomic E-state index is 12.7. The first-order valence-corrected chi connectivity index (χ1v) is 11.3. The van der Waals surface area contributed by atoms with Crippen molar-refractivity contribution in [3.63, 3.8) is 0 Å². The Bertz CT molecular complexity index is 1220. The highest BCUT2D eigenvalue weighted by Gasteiger charge is 2.39. The van der Waals surface area contributed by atoms with Crippen molar-refractivity contribution in [1.29, 1.82) is 0 Å². The highest BCUT2D eigenvalue weighted by molar-refractivity contribution is 7.89. The van der Waals surface area contributed by atoms with Crippen LogP contribution in [0, 0.1) is 0 Å². The summed E-state index contributed by atoms with van der Waals surface area (Å²) in [6.45, 7) is 0. The molecule has 3 heterocycles. The molecule has 144 valence electrons. The molecule has 0 atom stereocenters. The Hall–Kier alpha value is -2.40. The first-order chi connectivity index (χ1) is 13.3. The van der Waals surface area contributed by atoms with E-state index in [-0.39, 0.29) is 24.9 Å². The summed E-state index contributed by atoms with van der Waals surface area (Å²) in [6, 6.07) is 10.8. The Balaban J connectivity index is 1.68. The number of nitrogens with one attached hydrogen (secondary N) is 1. The summed E-state index contributed by atoms with van der Waals surface area (Å²) in [4.78, 5) is 17.7. The summed E-state index contributed by atoms with van der Waals surface area (Å²) in [6.07, 6.45) is 1.61. The van der Waals surface area contributed by atoms with Crippen molar-refractivity contribution >= 4 is 61.1 Å². The molecule has 28 heavy (non-hydrogen) atoms. The summed E-state index contributed by atoms with van der Waals surface area (Å²) < 4.78 is 26.3. The molecule has 1 aliphatic heterocycles. The highest BCUT2D eigenvalue weighted by Crippen LogP contribution is 2.42. The van der Waals surface area contributed by atoms with E-state index in [0.29, 0.717) is 0 Å². The van der Waals surface area contributed by atoms with Crippen LogP contribution in [0.25, 0.3) is 16.2 Å². The third kappa shape index (κ3) is 3.08. The number of carbonyl (C=O) groups excluding carboxylic acids is 1.